The molecule has 2 nitrogen and oxygen atoms in total. The van der Waals surface area contributed by atoms with Gasteiger partial charge in [0.1, 0.15) is 5.82 Å². The van der Waals surface area contributed by atoms with E-state index >= 15 is 0 Å². The lowest BCUT2D eigenvalue weighted by Gasteiger charge is -2.45. The quantitative estimate of drug-likeness (QED) is 0.888. The van der Waals surface area contributed by atoms with Crippen LogP contribution in [0.25, 0.3) is 0 Å². The summed E-state index contributed by atoms with van der Waals surface area (Å²) in [5, 5.41) is 3.40. The second kappa shape index (κ2) is 4.98. The lowest BCUT2D eigenvalue weighted by atomic mass is 9.70. The minimum atomic E-state index is -0.156. The lowest BCUT2D eigenvalue weighted by Crippen LogP contribution is -2.49. The topological polar surface area (TPSA) is 21.3 Å². The van der Waals surface area contributed by atoms with Crippen molar-refractivity contribution < 1.29 is 9.13 Å². The summed E-state index contributed by atoms with van der Waals surface area (Å²) in [5.41, 5.74) is 1.39. The maximum Gasteiger partial charge on any atom is 0.123 e. The molecule has 0 atom stereocenters. The number of piperidine rings is 1. The first kappa shape index (κ1) is 12.1. The zero-order valence-corrected chi connectivity index (χ0v) is 10.6. The Morgan fingerprint density at radius 2 is 1.83 bits per heavy atom. The van der Waals surface area contributed by atoms with E-state index in [2.05, 4.69) is 5.32 Å². The Bertz CT molecular complexity index is 393. The highest BCUT2D eigenvalue weighted by Crippen LogP contribution is 2.40. The molecular formula is C15H20FNO. The fourth-order valence-corrected chi connectivity index (χ4v) is 3.19. The summed E-state index contributed by atoms with van der Waals surface area (Å²) in [5.74, 6) is 0.621. The van der Waals surface area contributed by atoms with Crippen LogP contribution in [-0.4, -0.2) is 26.3 Å². The largest absolute Gasteiger partial charge is 0.379 e. The van der Waals surface area contributed by atoms with E-state index in [4.69, 9.17) is 4.74 Å². The van der Waals surface area contributed by atoms with Crippen molar-refractivity contribution >= 4 is 0 Å². The highest BCUT2D eigenvalue weighted by Gasteiger charge is 2.42. The lowest BCUT2D eigenvalue weighted by molar-refractivity contribution is -0.0731. The smallest absolute Gasteiger partial charge is 0.123 e. The number of rotatable bonds is 3. The molecule has 0 spiro atoms. The van der Waals surface area contributed by atoms with E-state index < -0.39 is 0 Å². The average Bonchev–Trinajstić information content (AvgIpc) is 2.36. The molecule has 0 amide bonds. The Morgan fingerprint density at radius 3 is 2.39 bits per heavy atom. The third-order valence-electron chi connectivity index (χ3n) is 4.35. The maximum absolute atomic E-state index is 13.0. The summed E-state index contributed by atoms with van der Waals surface area (Å²) in [6.07, 6.45) is 3.69. The maximum atomic E-state index is 13.0. The van der Waals surface area contributed by atoms with Crippen LogP contribution in [0.5, 0.6) is 0 Å². The average molecular weight is 249 g/mol. The van der Waals surface area contributed by atoms with Gasteiger partial charge in [0.25, 0.3) is 0 Å². The molecule has 18 heavy (non-hydrogen) atoms. The zero-order valence-electron chi connectivity index (χ0n) is 10.6. The van der Waals surface area contributed by atoms with Crippen molar-refractivity contribution in [1.82, 2.24) is 5.32 Å². The first-order valence-corrected chi connectivity index (χ1v) is 6.83. The number of benzene rings is 1. The molecule has 3 heteroatoms. The summed E-state index contributed by atoms with van der Waals surface area (Å²) >= 11 is 0. The van der Waals surface area contributed by atoms with Gasteiger partial charge in [-0.15, -0.1) is 0 Å². The number of hydrogen-bond donors (Lipinski definition) is 1. The molecule has 2 aliphatic rings. The zero-order chi connectivity index (χ0) is 12.4. The predicted octanol–water partition coefficient (Wildman–Crippen LogP) is 2.48. The summed E-state index contributed by atoms with van der Waals surface area (Å²) in [6, 6.07) is 6.99. The summed E-state index contributed by atoms with van der Waals surface area (Å²) < 4.78 is 18.5. The van der Waals surface area contributed by atoms with Crippen molar-refractivity contribution in [1.29, 1.82) is 0 Å². The third-order valence-corrected chi connectivity index (χ3v) is 4.35. The predicted molar refractivity (Wildman–Crippen MR) is 69.1 cm³/mol. The fraction of sp³-hybridized carbons (Fsp3) is 0.600. The highest BCUT2D eigenvalue weighted by atomic mass is 19.1. The molecule has 0 unspecified atom stereocenters. The Kier molecular flexibility index (Phi) is 3.35. The molecule has 0 radical (unpaired) electrons. The molecule has 2 heterocycles. The van der Waals surface area contributed by atoms with Crippen LogP contribution in [0.1, 0.15) is 24.8 Å². The Labute approximate surface area is 108 Å². The molecule has 2 aliphatic heterocycles. The van der Waals surface area contributed by atoms with Gasteiger partial charge in [0.2, 0.25) is 0 Å². The molecule has 2 fully saturated rings. The fourth-order valence-electron chi connectivity index (χ4n) is 3.19. The number of nitrogens with one attached hydrogen (secondary N) is 1. The summed E-state index contributed by atoms with van der Waals surface area (Å²) in [6.45, 7) is 3.85. The number of ether oxygens (including phenoxy) is 1. The first-order valence-electron chi connectivity index (χ1n) is 6.83. The Hall–Kier alpha value is -0.930. The van der Waals surface area contributed by atoms with Crippen LogP contribution in [0.3, 0.4) is 0 Å². The van der Waals surface area contributed by atoms with Crippen LogP contribution >= 0.6 is 0 Å². The van der Waals surface area contributed by atoms with Gasteiger partial charge in [-0.3, -0.25) is 0 Å². The molecule has 0 aromatic heterocycles. The van der Waals surface area contributed by atoms with Crippen molar-refractivity contribution in [2.75, 3.05) is 26.3 Å². The second-order valence-electron chi connectivity index (χ2n) is 5.68. The van der Waals surface area contributed by atoms with Gasteiger partial charge in [0.05, 0.1) is 13.2 Å². The van der Waals surface area contributed by atoms with E-state index in [0.29, 0.717) is 0 Å². The van der Waals surface area contributed by atoms with Crippen molar-refractivity contribution in [3.8, 4) is 0 Å². The molecule has 1 N–H and O–H groups in total. The van der Waals surface area contributed by atoms with Crippen LogP contribution < -0.4 is 5.32 Å². The monoisotopic (exact) mass is 249 g/mol. The summed E-state index contributed by atoms with van der Waals surface area (Å²) in [7, 11) is 0. The molecule has 2 saturated heterocycles. The van der Waals surface area contributed by atoms with Crippen LogP contribution in [0.2, 0.25) is 0 Å². The van der Waals surface area contributed by atoms with Crippen LogP contribution in [0.15, 0.2) is 24.3 Å². The van der Waals surface area contributed by atoms with Crippen molar-refractivity contribution in [2.45, 2.75) is 24.7 Å². The van der Waals surface area contributed by atoms with Gasteiger partial charge in [-0.1, -0.05) is 12.1 Å². The van der Waals surface area contributed by atoms with E-state index in [0.717, 1.165) is 32.2 Å². The molecule has 98 valence electrons. The minimum Gasteiger partial charge on any atom is -0.379 e. The third kappa shape index (κ3) is 2.29. The van der Waals surface area contributed by atoms with Gasteiger partial charge >= 0.3 is 0 Å². The molecule has 0 saturated carbocycles. The highest BCUT2D eigenvalue weighted by molar-refractivity contribution is 5.28. The SMILES string of the molecule is Fc1ccc(C2(CC3CCNCC3)COC2)cc1. The number of hydrogen-bond acceptors (Lipinski definition) is 2. The molecule has 1 aromatic carbocycles. The van der Waals surface area contributed by atoms with Gasteiger partial charge in [-0.05, 0) is 56.0 Å². The Morgan fingerprint density at radius 1 is 1.17 bits per heavy atom. The molecule has 0 bridgehead atoms. The van der Waals surface area contributed by atoms with Crippen LogP contribution in [-0.2, 0) is 10.2 Å². The normalized spacial score (nSPS) is 23.6. The van der Waals surface area contributed by atoms with Gasteiger partial charge in [0, 0.05) is 5.41 Å². The minimum absolute atomic E-state index is 0.149. The van der Waals surface area contributed by atoms with Crippen LogP contribution in [0, 0.1) is 11.7 Å². The molecule has 1 aromatic rings. The first-order chi connectivity index (χ1) is 8.78. The van der Waals surface area contributed by atoms with Crippen LogP contribution in [0.4, 0.5) is 4.39 Å². The van der Waals surface area contributed by atoms with Gasteiger partial charge in [-0.2, -0.15) is 0 Å². The van der Waals surface area contributed by atoms with Crippen molar-refractivity contribution in [2.24, 2.45) is 5.92 Å². The molecule has 3 rings (SSSR count). The van der Waals surface area contributed by atoms with Crippen molar-refractivity contribution in [3.05, 3.63) is 35.6 Å². The second-order valence-corrected chi connectivity index (χ2v) is 5.68. The number of halogens is 1. The van der Waals surface area contributed by atoms with Gasteiger partial charge in [-0.25, -0.2) is 4.39 Å². The van der Waals surface area contributed by atoms with Crippen molar-refractivity contribution in [3.63, 3.8) is 0 Å². The summed E-state index contributed by atoms with van der Waals surface area (Å²) in [4.78, 5) is 0. The van der Waals surface area contributed by atoms with Gasteiger partial charge in [0.15, 0.2) is 0 Å². The molecule has 0 aliphatic carbocycles. The Balaban J connectivity index is 1.74. The van der Waals surface area contributed by atoms with E-state index in [1.807, 2.05) is 12.1 Å². The van der Waals surface area contributed by atoms with E-state index in [1.54, 1.807) is 12.1 Å². The van der Waals surface area contributed by atoms with E-state index in [-0.39, 0.29) is 11.2 Å². The standard InChI is InChI=1S/C15H20FNO/c16-14-3-1-13(2-4-14)15(10-18-11-15)9-12-5-7-17-8-6-12/h1-4,12,17H,5-11H2. The van der Waals surface area contributed by atoms with E-state index in [9.17, 15) is 4.39 Å². The molecular weight excluding hydrogens is 229 g/mol. The van der Waals surface area contributed by atoms with E-state index in [1.165, 1.54) is 24.8 Å². The van der Waals surface area contributed by atoms with Gasteiger partial charge < -0.3 is 10.1 Å².